The smallest absolute Gasteiger partial charge is 0.0187 e. The van der Waals surface area contributed by atoms with Crippen LogP contribution >= 0.6 is 11.8 Å². The van der Waals surface area contributed by atoms with Gasteiger partial charge in [0.05, 0.1) is 0 Å². The number of fused-ring (bicyclic) bond motifs is 1. The van der Waals surface area contributed by atoms with Crippen LogP contribution in [0.2, 0.25) is 0 Å². The Bertz CT molecular complexity index is 93.1. The molecule has 2 fully saturated rings. The average Bonchev–Trinajstić information content (AvgIpc) is 2.33. The summed E-state index contributed by atoms with van der Waals surface area (Å²) in [7, 11) is 0. The van der Waals surface area contributed by atoms with E-state index in [9.17, 15) is 0 Å². The summed E-state index contributed by atoms with van der Waals surface area (Å²) >= 11 is 2.11. The van der Waals surface area contributed by atoms with Crippen LogP contribution in [-0.4, -0.2) is 24.1 Å². The van der Waals surface area contributed by atoms with E-state index < -0.39 is 0 Å². The summed E-state index contributed by atoms with van der Waals surface area (Å²) < 4.78 is 0. The Morgan fingerprint density at radius 1 is 1.33 bits per heavy atom. The monoisotopic (exact) mass is 143 g/mol. The summed E-state index contributed by atoms with van der Waals surface area (Å²) in [5, 5.41) is 3.54. The van der Waals surface area contributed by atoms with Crippen molar-refractivity contribution in [3.8, 4) is 0 Å². The van der Waals surface area contributed by atoms with Crippen molar-refractivity contribution in [1.29, 1.82) is 0 Å². The molecule has 0 aromatic carbocycles. The molecule has 2 aliphatic heterocycles. The third-order valence-corrected chi connectivity index (χ3v) is 3.54. The molecular weight excluding hydrogens is 130 g/mol. The topological polar surface area (TPSA) is 12.0 Å². The van der Waals surface area contributed by atoms with Crippen LogP contribution in [0.3, 0.4) is 0 Å². The van der Waals surface area contributed by atoms with E-state index in [0.29, 0.717) is 0 Å². The van der Waals surface area contributed by atoms with Crippen molar-refractivity contribution in [3.63, 3.8) is 0 Å². The maximum atomic E-state index is 3.54. The molecule has 1 N–H and O–H groups in total. The molecule has 0 aromatic heterocycles. The molecule has 2 rings (SSSR count). The van der Waals surface area contributed by atoms with Crippen molar-refractivity contribution >= 4 is 11.8 Å². The Labute approximate surface area is 60.6 Å². The second-order valence-corrected chi connectivity index (χ2v) is 4.12. The number of hydrogen-bond acceptors (Lipinski definition) is 2. The zero-order valence-electron chi connectivity index (χ0n) is 5.60. The van der Waals surface area contributed by atoms with E-state index >= 15 is 0 Å². The fourth-order valence-corrected chi connectivity index (χ4v) is 3.09. The molecule has 0 amide bonds. The van der Waals surface area contributed by atoms with Crippen molar-refractivity contribution < 1.29 is 0 Å². The summed E-state index contributed by atoms with van der Waals surface area (Å²) in [6, 6.07) is 0.878. The average molecular weight is 143 g/mol. The van der Waals surface area contributed by atoms with Crippen molar-refractivity contribution in [2.24, 2.45) is 5.92 Å². The Kier molecular flexibility index (Phi) is 1.68. The van der Waals surface area contributed by atoms with Gasteiger partial charge < -0.3 is 5.32 Å². The molecule has 0 aromatic rings. The van der Waals surface area contributed by atoms with Crippen LogP contribution in [0, 0.1) is 5.92 Å². The lowest BCUT2D eigenvalue weighted by Gasteiger charge is -2.23. The molecule has 2 aliphatic rings. The van der Waals surface area contributed by atoms with Crippen LogP contribution in [0.15, 0.2) is 0 Å². The second-order valence-electron chi connectivity index (χ2n) is 2.97. The second kappa shape index (κ2) is 2.51. The maximum absolute atomic E-state index is 3.54. The Hall–Kier alpha value is 0.310. The molecule has 0 saturated carbocycles. The molecule has 0 bridgehead atoms. The molecule has 2 saturated heterocycles. The lowest BCUT2D eigenvalue weighted by Crippen LogP contribution is -2.32. The zero-order chi connectivity index (χ0) is 6.10. The number of rotatable bonds is 0. The van der Waals surface area contributed by atoms with E-state index in [1.54, 1.807) is 0 Å². The molecule has 0 spiro atoms. The highest BCUT2D eigenvalue weighted by Gasteiger charge is 2.28. The molecule has 2 heterocycles. The quantitative estimate of drug-likeness (QED) is 0.545. The fourth-order valence-electron chi connectivity index (χ4n) is 1.81. The van der Waals surface area contributed by atoms with Gasteiger partial charge in [-0.1, -0.05) is 0 Å². The molecule has 9 heavy (non-hydrogen) atoms. The first kappa shape index (κ1) is 6.05. The van der Waals surface area contributed by atoms with Gasteiger partial charge in [-0.25, -0.2) is 0 Å². The number of hydrogen-bond donors (Lipinski definition) is 1. The first-order valence-electron chi connectivity index (χ1n) is 3.78. The van der Waals surface area contributed by atoms with Gasteiger partial charge in [0.1, 0.15) is 0 Å². The van der Waals surface area contributed by atoms with Crippen molar-refractivity contribution in [1.82, 2.24) is 5.32 Å². The molecule has 0 aliphatic carbocycles. The molecule has 2 heteroatoms. The molecule has 0 radical (unpaired) electrons. The lowest BCUT2D eigenvalue weighted by molar-refractivity contribution is 0.460. The minimum atomic E-state index is 0.878. The standard InChI is InChI=1S/C7H13NS/c1-3-8-7-5-9-4-2-6(1)7/h6-8H,1-5H2. The third-order valence-electron chi connectivity index (χ3n) is 2.42. The van der Waals surface area contributed by atoms with Gasteiger partial charge in [-0.05, 0) is 31.1 Å². The largest absolute Gasteiger partial charge is 0.313 e. The van der Waals surface area contributed by atoms with E-state index in [1.807, 2.05) is 0 Å². The fraction of sp³-hybridized carbons (Fsp3) is 1.00. The summed E-state index contributed by atoms with van der Waals surface area (Å²) in [6.07, 6.45) is 2.90. The van der Waals surface area contributed by atoms with Gasteiger partial charge in [0, 0.05) is 11.8 Å². The minimum Gasteiger partial charge on any atom is -0.313 e. The predicted octanol–water partition coefficient (Wildman–Crippen LogP) is 1.10. The third kappa shape index (κ3) is 1.10. The van der Waals surface area contributed by atoms with Gasteiger partial charge in [0.25, 0.3) is 0 Å². The number of thioether (sulfide) groups is 1. The SMILES string of the molecule is C1CC2CCSCC2N1. The van der Waals surface area contributed by atoms with Gasteiger partial charge in [-0.3, -0.25) is 0 Å². The highest BCUT2D eigenvalue weighted by molar-refractivity contribution is 7.99. The first-order valence-corrected chi connectivity index (χ1v) is 4.93. The minimum absolute atomic E-state index is 0.878. The van der Waals surface area contributed by atoms with Gasteiger partial charge in [0.15, 0.2) is 0 Å². The normalized spacial score (nSPS) is 42.7. The Morgan fingerprint density at radius 3 is 3.22 bits per heavy atom. The maximum Gasteiger partial charge on any atom is 0.0187 e. The highest BCUT2D eigenvalue weighted by atomic mass is 32.2. The van der Waals surface area contributed by atoms with Crippen molar-refractivity contribution in [2.75, 3.05) is 18.1 Å². The van der Waals surface area contributed by atoms with Crippen LogP contribution in [0.4, 0.5) is 0 Å². The first-order chi connectivity index (χ1) is 4.47. The lowest BCUT2D eigenvalue weighted by atomic mass is 9.99. The van der Waals surface area contributed by atoms with E-state index in [1.165, 1.54) is 30.9 Å². The molecule has 2 atom stereocenters. The zero-order valence-corrected chi connectivity index (χ0v) is 6.41. The summed E-state index contributed by atoms with van der Waals surface area (Å²) in [5.41, 5.74) is 0. The Balaban J connectivity index is 1.97. The van der Waals surface area contributed by atoms with E-state index in [-0.39, 0.29) is 0 Å². The van der Waals surface area contributed by atoms with E-state index in [0.717, 1.165) is 12.0 Å². The van der Waals surface area contributed by atoms with Crippen molar-refractivity contribution in [2.45, 2.75) is 18.9 Å². The summed E-state index contributed by atoms with van der Waals surface area (Å²) in [6.45, 7) is 1.27. The molecular formula is C7H13NS. The van der Waals surface area contributed by atoms with E-state index in [2.05, 4.69) is 17.1 Å². The van der Waals surface area contributed by atoms with Crippen LogP contribution in [0.25, 0.3) is 0 Å². The molecule has 2 unspecified atom stereocenters. The molecule has 52 valence electrons. The predicted molar refractivity (Wildman–Crippen MR) is 41.8 cm³/mol. The highest BCUT2D eigenvalue weighted by Crippen LogP contribution is 2.28. The van der Waals surface area contributed by atoms with Crippen LogP contribution in [-0.2, 0) is 0 Å². The number of nitrogens with one attached hydrogen (secondary N) is 1. The van der Waals surface area contributed by atoms with Gasteiger partial charge in [-0.15, -0.1) is 0 Å². The van der Waals surface area contributed by atoms with Crippen molar-refractivity contribution in [3.05, 3.63) is 0 Å². The van der Waals surface area contributed by atoms with Gasteiger partial charge in [0.2, 0.25) is 0 Å². The van der Waals surface area contributed by atoms with E-state index in [4.69, 9.17) is 0 Å². The van der Waals surface area contributed by atoms with Crippen LogP contribution in [0.1, 0.15) is 12.8 Å². The Morgan fingerprint density at radius 2 is 2.33 bits per heavy atom. The summed E-state index contributed by atoms with van der Waals surface area (Å²) in [4.78, 5) is 0. The van der Waals surface area contributed by atoms with Gasteiger partial charge >= 0.3 is 0 Å². The molecule has 1 nitrogen and oxygen atoms in total. The van der Waals surface area contributed by atoms with Gasteiger partial charge in [-0.2, -0.15) is 11.8 Å². The van der Waals surface area contributed by atoms with Crippen LogP contribution in [0.5, 0.6) is 0 Å². The summed E-state index contributed by atoms with van der Waals surface area (Å²) in [5.74, 6) is 3.80. The van der Waals surface area contributed by atoms with Crippen LogP contribution < -0.4 is 5.32 Å².